The van der Waals surface area contributed by atoms with Crippen molar-refractivity contribution in [1.82, 2.24) is 0 Å². The molecule has 0 spiro atoms. The summed E-state index contributed by atoms with van der Waals surface area (Å²) in [4.78, 5) is 13.4. The molecule has 2 heterocycles. The lowest BCUT2D eigenvalue weighted by Gasteiger charge is -2.44. The molecule has 2 aromatic rings. The summed E-state index contributed by atoms with van der Waals surface area (Å²) >= 11 is 0. The van der Waals surface area contributed by atoms with Crippen molar-refractivity contribution in [1.29, 1.82) is 0 Å². The Morgan fingerprint density at radius 1 is 0.967 bits per heavy atom. The van der Waals surface area contributed by atoms with Crippen molar-refractivity contribution in [2.45, 2.75) is 49.2 Å². The second-order valence-corrected chi connectivity index (χ2v) is 8.80. The number of likely N-dealkylation sites (N-methyl/N-ethyl adjacent to an activating group) is 1. The Morgan fingerprint density at radius 3 is 2.00 bits per heavy atom. The van der Waals surface area contributed by atoms with Gasteiger partial charge in [0.15, 0.2) is 0 Å². The molecular formula is C24H30BrNO4. The highest BCUT2D eigenvalue weighted by molar-refractivity contribution is 5.85. The number of benzene rings is 2. The number of hydrogen-bond acceptors (Lipinski definition) is 4. The quantitative estimate of drug-likeness (QED) is 0.483. The van der Waals surface area contributed by atoms with E-state index in [1.807, 2.05) is 36.4 Å². The summed E-state index contributed by atoms with van der Waals surface area (Å²) in [5.41, 5.74) is -0.800. The number of halogens is 1. The Kier molecular flexibility index (Phi) is 6.72. The maximum absolute atomic E-state index is 13.4. The lowest BCUT2D eigenvalue weighted by molar-refractivity contribution is -0.932. The molecule has 2 saturated heterocycles. The van der Waals surface area contributed by atoms with Crippen molar-refractivity contribution in [2.75, 3.05) is 21.2 Å². The third-order valence-corrected chi connectivity index (χ3v) is 7.02. The number of aliphatic hydroxyl groups is 1. The summed E-state index contributed by atoms with van der Waals surface area (Å²) < 4.78 is 12.6. The molecule has 0 aromatic heterocycles. The SMILES string of the molecule is COC1C[C@H]2C[C@@H](OC(=O)C(O)(c3ccccc3)c3ccccc3)C[C@@H]1[N+]2(C)C.[Br-]. The highest BCUT2D eigenvalue weighted by Gasteiger charge is 2.56. The Labute approximate surface area is 189 Å². The first kappa shape index (κ1) is 22.9. The van der Waals surface area contributed by atoms with E-state index in [2.05, 4.69) is 14.1 Å². The molecule has 2 fully saturated rings. The van der Waals surface area contributed by atoms with E-state index < -0.39 is 11.6 Å². The van der Waals surface area contributed by atoms with Crippen LogP contribution in [-0.2, 0) is 19.9 Å². The Bertz CT molecular complexity index is 819. The topological polar surface area (TPSA) is 55.8 Å². The molecule has 4 rings (SSSR count). The second kappa shape index (κ2) is 8.79. The molecule has 2 aliphatic rings. The van der Waals surface area contributed by atoms with Crippen molar-refractivity contribution in [2.24, 2.45) is 0 Å². The summed E-state index contributed by atoms with van der Waals surface area (Å²) in [7, 11) is 6.23. The highest BCUT2D eigenvalue weighted by atomic mass is 79.9. The minimum atomic E-state index is -1.83. The minimum Gasteiger partial charge on any atom is -1.00 e. The van der Waals surface area contributed by atoms with Crippen LogP contribution in [0.5, 0.6) is 0 Å². The number of piperidine rings is 1. The van der Waals surface area contributed by atoms with E-state index >= 15 is 0 Å². The van der Waals surface area contributed by atoms with Crippen LogP contribution in [0.2, 0.25) is 0 Å². The Morgan fingerprint density at radius 2 is 1.50 bits per heavy atom. The van der Waals surface area contributed by atoms with Crippen LogP contribution in [0.1, 0.15) is 30.4 Å². The largest absolute Gasteiger partial charge is 1.00 e. The van der Waals surface area contributed by atoms with E-state index in [9.17, 15) is 9.90 Å². The van der Waals surface area contributed by atoms with E-state index in [4.69, 9.17) is 9.47 Å². The maximum Gasteiger partial charge on any atom is 0.347 e. The molecule has 162 valence electrons. The van der Waals surface area contributed by atoms with Crippen molar-refractivity contribution in [3.05, 3.63) is 71.8 Å². The van der Waals surface area contributed by atoms with Crippen molar-refractivity contribution in [3.8, 4) is 0 Å². The number of hydrogen-bond donors (Lipinski definition) is 1. The number of fused-ring (bicyclic) bond motifs is 2. The van der Waals surface area contributed by atoms with Crippen LogP contribution in [0.25, 0.3) is 0 Å². The molecule has 4 atom stereocenters. The van der Waals surface area contributed by atoms with E-state index in [0.717, 1.165) is 23.7 Å². The van der Waals surface area contributed by atoms with Gasteiger partial charge >= 0.3 is 5.97 Å². The first-order valence-electron chi connectivity index (χ1n) is 10.3. The van der Waals surface area contributed by atoms with E-state index in [1.54, 1.807) is 31.4 Å². The molecule has 1 N–H and O–H groups in total. The number of carbonyl (C=O) groups excluding carboxylic acids is 1. The first-order chi connectivity index (χ1) is 13.9. The van der Waals surface area contributed by atoms with E-state index in [0.29, 0.717) is 17.2 Å². The molecule has 6 heteroatoms. The molecule has 2 bridgehead atoms. The summed E-state index contributed by atoms with van der Waals surface area (Å²) in [5.74, 6) is -0.611. The zero-order chi connectivity index (χ0) is 20.6. The van der Waals surface area contributed by atoms with Gasteiger partial charge in [-0.3, -0.25) is 0 Å². The van der Waals surface area contributed by atoms with Gasteiger partial charge in [-0.2, -0.15) is 0 Å². The first-order valence-corrected chi connectivity index (χ1v) is 10.3. The average Bonchev–Trinajstić information content (AvgIpc) is 2.87. The van der Waals surface area contributed by atoms with Crippen LogP contribution in [0.4, 0.5) is 0 Å². The van der Waals surface area contributed by atoms with Gasteiger partial charge < -0.3 is 36.0 Å². The molecule has 0 aliphatic carbocycles. The van der Waals surface area contributed by atoms with Gasteiger partial charge in [-0.15, -0.1) is 0 Å². The lowest BCUT2D eigenvalue weighted by Crippen LogP contribution is -3.00. The fraction of sp³-hybridized carbons (Fsp3) is 0.458. The van der Waals surface area contributed by atoms with Crippen molar-refractivity contribution < 1.29 is 40.8 Å². The summed E-state index contributed by atoms with van der Waals surface area (Å²) in [5, 5.41) is 11.6. The number of nitrogens with zero attached hydrogens (tertiary/aromatic N) is 1. The normalized spacial score (nSPS) is 27.2. The molecule has 0 amide bonds. The molecule has 2 aromatic carbocycles. The number of methoxy groups -OCH3 is 1. The standard InChI is InChI=1S/C24H30NO4.BrH/c1-25(2)19-14-20(16-21(25)22(15-19)28-3)29-23(26)24(27,17-10-6-4-7-11-17)18-12-8-5-9-13-18;/h4-13,19-22,27H,14-16H2,1-3H3;1H/q+1;/p-1/t19-,20-,21+,22?;/m1./s1. The zero-order valence-electron chi connectivity index (χ0n) is 17.7. The van der Waals surface area contributed by atoms with Crippen LogP contribution in [-0.4, -0.2) is 61.1 Å². The predicted molar refractivity (Wildman–Crippen MR) is 110 cm³/mol. The molecule has 0 saturated carbocycles. The van der Waals surface area contributed by atoms with Gasteiger partial charge in [0, 0.05) is 26.4 Å². The van der Waals surface area contributed by atoms with Crippen LogP contribution >= 0.6 is 0 Å². The Hall–Kier alpha value is -1.73. The number of ether oxygens (including phenoxy) is 2. The molecule has 30 heavy (non-hydrogen) atoms. The third-order valence-electron chi connectivity index (χ3n) is 7.02. The summed E-state index contributed by atoms with van der Waals surface area (Å²) in [6, 6.07) is 18.7. The van der Waals surface area contributed by atoms with Gasteiger partial charge in [-0.25, -0.2) is 4.79 Å². The van der Waals surface area contributed by atoms with Gasteiger partial charge in [0.1, 0.15) is 18.2 Å². The zero-order valence-corrected chi connectivity index (χ0v) is 19.3. The number of rotatable bonds is 5. The van der Waals surface area contributed by atoms with Crippen LogP contribution in [0, 0.1) is 0 Å². The van der Waals surface area contributed by atoms with E-state index in [-0.39, 0.29) is 35.2 Å². The minimum absolute atomic E-state index is 0. The van der Waals surface area contributed by atoms with Crippen LogP contribution in [0.3, 0.4) is 0 Å². The van der Waals surface area contributed by atoms with Crippen molar-refractivity contribution in [3.63, 3.8) is 0 Å². The fourth-order valence-electron chi connectivity index (χ4n) is 5.20. The van der Waals surface area contributed by atoms with Gasteiger partial charge in [-0.1, -0.05) is 60.7 Å². The lowest BCUT2D eigenvalue weighted by atomic mass is 9.86. The monoisotopic (exact) mass is 475 g/mol. The Balaban J connectivity index is 0.00000256. The summed E-state index contributed by atoms with van der Waals surface area (Å²) in [6.07, 6.45) is 2.47. The molecular weight excluding hydrogens is 446 g/mol. The number of esters is 1. The average molecular weight is 476 g/mol. The molecule has 1 unspecified atom stereocenters. The predicted octanol–water partition coefficient (Wildman–Crippen LogP) is -0.136. The van der Waals surface area contributed by atoms with Gasteiger partial charge in [0.25, 0.3) is 0 Å². The fourth-order valence-corrected chi connectivity index (χ4v) is 5.20. The number of carbonyl (C=O) groups is 1. The van der Waals surface area contributed by atoms with E-state index in [1.165, 1.54) is 0 Å². The van der Waals surface area contributed by atoms with Gasteiger partial charge in [0.05, 0.1) is 20.1 Å². The van der Waals surface area contributed by atoms with Crippen molar-refractivity contribution >= 4 is 5.97 Å². The molecule has 2 aliphatic heterocycles. The smallest absolute Gasteiger partial charge is 0.347 e. The van der Waals surface area contributed by atoms with Crippen LogP contribution in [0.15, 0.2) is 60.7 Å². The molecule has 5 nitrogen and oxygen atoms in total. The summed E-state index contributed by atoms with van der Waals surface area (Å²) in [6.45, 7) is 0. The highest BCUT2D eigenvalue weighted by Crippen LogP contribution is 2.43. The second-order valence-electron chi connectivity index (χ2n) is 8.80. The van der Waals surface area contributed by atoms with Gasteiger partial charge in [-0.05, 0) is 11.1 Å². The maximum atomic E-state index is 13.4. The van der Waals surface area contributed by atoms with Crippen LogP contribution < -0.4 is 17.0 Å². The number of quaternary nitrogens is 1. The third kappa shape index (κ3) is 3.82. The molecule has 0 radical (unpaired) electrons. The van der Waals surface area contributed by atoms with Gasteiger partial charge in [0.2, 0.25) is 5.60 Å².